The fourth-order valence-corrected chi connectivity index (χ4v) is 4.42. The lowest BCUT2D eigenvalue weighted by Gasteiger charge is -2.40. The normalized spacial score (nSPS) is 16.0. The number of carbonyl (C=O) groups is 1. The van der Waals surface area contributed by atoms with Crippen LogP contribution in [0, 0.1) is 5.41 Å². The summed E-state index contributed by atoms with van der Waals surface area (Å²) in [5, 5.41) is 0. The SMILES string of the molecule is COc1ccc(CN2CCC(Cc3cccc(-c4cccnc4)c3)(C(N)=O)CC2)cc1. The van der Waals surface area contributed by atoms with Crippen molar-refractivity contribution in [3.63, 3.8) is 0 Å². The Bertz CT molecular complexity index is 1010. The van der Waals surface area contributed by atoms with Crippen LogP contribution in [0.15, 0.2) is 73.1 Å². The van der Waals surface area contributed by atoms with Crippen LogP contribution in [-0.4, -0.2) is 36.0 Å². The number of hydrogen-bond acceptors (Lipinski definition) is 4. The Morgan fingerprint density at radius 1 is 1.03 bits per heavy atom. The first-order valence-electron chi connectivity index (χ1n) is 10.7. The maximum atomic E-state index is 12.6. The molecule has 0 bridgehead atoms. The van der Waals surface area contributed by atoms with Crippen molar-refractivity contribution in [3.8, 4) is 16.9 Å². The van der Waals surface area contributed by atoms with Crippen molar-refractivity contribution in [2.45, 2.75) is 25.8 Å². The molecule has 2 N–H and O–H groups in total. The van der Waals surface area contributed by atoms with Gasteiger partial charge >= 0.3 is 0 Å². The van der Waals surface area contributed by atoms with E-state index in [1.165, 1.54) is 5.56 Å². The summed E-state index contributed by atoms with van der Waals surface area (Å²) in [7, 11) is 1.68. The number of rotatable bonds is 7. The van der Waals surface area contributed by atoms with Crippen molar-refractivity contribution in [2.75, 3.05) is 20.2 Å². The predicted octanol–water partition coefficient (Wildman–Crippen LogP) is 4.07. The molecule has 0 unspecified atom stereocenters. The fraction of sp³-hybridized carbons (Fsp3) is 0.308. The summed E-state index contributed by atoms with van der Waals surface area (Å²) in [6.07, 6.45) is 5.85. The van der Waals surface area contributed by atoms with Gasteiger partial charge in [0.1, 0.15) is 5.75 Å². The number of nitrogens with zero attached hydrogens (tertiary/aromatic N) is 2. The van der Waals surface area contributed by atoms with Crippen LogP contribution in [0.3, 0.4) is 0 Å². The van der Waals surface area contributed by atoms with Gasteiger partial charge in [0.15, 0.2) is 0 Å². The standard InChI is InChI=1S/C26H29N3O2/c1-31-24-9-7-20(8-10-24)19-29-14-11-26(12-15-29,25(27)30)17-21-4-2-5-22(16-21)23-6-3-13-28-18-23/h2-10,13,16,18H,11-12,14-15,17,19H2,1H3,(H2,27,30). The first-order chi connectivity index (χ1) is 15.1. The highest BCUT2D eigenvalue weighted by Crippen LogP contribution is 2.36. The number of piperidine rings is 1. The fourth-order valence-electron chi connectivity index (χ4n) is 4.42. The van der Waals surface area contributed by atoms with E-state index in [1.54, 1.807) is 13.3 Å². The number of hydrogen-bond donors (Lipinski definition) is 1. The topological polar surface area (TPSA) is 68.4 Å². The second-order valence-corrected chi connectivity index (χ2v) is 8.39. The largest absolute Gasteiger partial charge is 0.497 e. The highest BCUT2D eigenvalue weighted by molar-refractivity contribution is 5.81. The molecule has 0 aliphatic carbocycles. The molecule has 2 aromatic carbocycles. The molecule has 1 saturated heterocycles. The summed E-state index contributed by atoms with van der Waals surface area (Å²) in [5.41, 5.74) is 10.0. The number of ether oxygens (including phenoxy) is 1. The number of benzene rings is 2. The van der Waals surface area contributed by atoms with Crippen molar-refractivity contribution in [2.24, 2.45) is 11.1 Å². The van der Waals surface area contributed by atoms with Gasteiger partial charge in [0.25, 0.3) is 0 Å². The first-order valence-corrected chi connectivity index (χ1v) is 10.7. The third kappa shape index (κ3) is 4.94. The summed E-state index contributed by atoms with van der Waals surface area (Å²) in [6.45, 7) is 2.59. The van der Waals surface area contributed by atoms with E-state index in [1.807, 2.05) is 36.5 Å². The summed E-state index contributed by atoms with van der Waals surface area (Å²) < 4.78 is 5.24. The lowest BCUT2D eigenvalue weighted by molar-refractivity contribution is -0.130. The Kier molecular flexibility index (Phi) is 6.33. The van der Waals surface area contributed by atoms with E-state index in [-0.39, 0.29) is 5.91 Å². The van der Waals surface area contributed by atoms with Crippen molar-refractivity contribution in [1.29, 1.82) is 0 Å². The molecular weight excluding hydrogens is 386 g/mol. The molecule has 160 valence electrons. The molecule has 1 fully saturated rings. The van der Waals surface area contributed by atoms with Gasteiger partial charge in [0.2, 0.25) is 5.91 Å². The molecule has 4 rings (SSSR count). The van der Waals surface area contributed by atoms with Gasteiger partial charge in [-0.3, -0.25) is 14.7 Å². The average molecular weight is 416 g/mol. The zero-order valence-electron chi connectivity index (χ0n) is 18.0. The second-order valence-electron chi connectivity index (χ2n) is 8.39. The third-order valence-electron chi connectivity index (χ3n) is 6.37. The number of carbonyl (C=O) groups excluding carboxylic acids is 1. The van der Waals surface area contributed by atoms with E-state index >= 15 is 0 Å². The molecule has 1 aliphatic rings. The average Bonchev–Trinajstić information content (AvgIpc) is 2.81. The van der Waals surface area contributed by atoms with Crippen LogP contribution in [0.5, 0.6) is 5.75 Å². The van der Waals surface area contributed by atoms with Crippen molar-refractivity contribution < 1.29 is 9.53 Å². The minimum absolute atomic E-state index is 0.191. The van der Waals surface area contributed by atoms with E-state index in [9.17, 15) is 4.79 Å². The number of nitrogens with two attached hydrogens (primary N) is 1. The summed E-state index contributed by atoms with van der Waals surface area (Å²) >= 11 is 0. The van der Waals surface area contributed by atoms with Crippen LogP contribution in [0.2, 0.25) is 0 Å². The Labute approximate surface area is 183 Å². The second kappa shape index (κ2) is 9.31. The molecule has 1 aliphatic heterocycles. The molecule has 1 aromatic heterocycles. The minimum Gasteiger partial charge on any atom is -0.497 e. The van der Waals surface area contributed by atoms with Gasteiger partial charge in [-0.15, -0.1) is 0 Å². The molecule has 0 spiro atoms. The van der Waals surface area contributed by atoms with E-state index in [0.717, 1.165) is 54.9 Å². The molecule has 5 heteroatoms. The monoisotopic (exact) mass is 415 g/mol. The Morgan fingerprint density at radius 3 is 2.42 bits per heavy atom. The van der Waals surface area contributed by atoms with Crippen molar-refractivity contribution in [1.82, 2.24) is 9.88 Å². The lowest BCUT2D eigenvalue weighted by Crippen LogP contribution is -2.48. The number of methoxy groups -OCH3 is 1. The highest BCUT2D eigenvalue weighted by atomic mass is 16.5. The quantitative estimate of drug-likeness (QED) is 0.632. The lowest BCUT2D eigenvalue weighted by atomic mass is 9.73. The van der Waals surface area contributed by atoms with Gasteiger partial charge in [-0.25, -0.2) is 0 Å². The number of pyridine rings is 1. The van der Waals surface area contributed by atoms with Gasteiger partial charge in [-0.1, -0.05) is 42.5 Å². The molecular formula is C26H29N3O2. The maximum Gasteiger partial charge on any atom is 0.224 e. The van der Waals surface area contributed by atoms with Gasteiger partial charge in [0, 0.05) is 18.9 Å². The van der Waals surface area contributed by atoms with Crippen molar-refractivity contribution >= 4 is 5.91 Å². The molecule has 0 radical (unpaired) electrons. The maximum absolute atomic E-state index is 12.6. The van der Waals surface area contributed by atoms with Crippen LogP contribution in [0.1, 0.15) is 24.0 Å². The number of amides is 1. The zero-order valence-corrected chi connectivity index (χ0v) is 18.0. The summed E-state index contributed by atoms with van der Waals surface area (Å²) in [6, 6.07) is 20.5. The van der Waals surface area contributed by atoms with Crippen LogP contribution in [0.4, 0.5) is 0 Å². The van der Waals surface area contributed by atoms with E-state index in [4.69, 9.17) is 10.5 Å². The number of aromatic nitrogens is 1. The third-order valence-corrected chi connectivity index (χ3v) is 6.37. The van der Waals surface area contributed by atoms with E-state index in [0.29, 0.717) is 6.42 Å². The van der Waals surface area contributed by atoms with Crippen LogP contribution in [-0.2, 0) is 17.8 Å². The van der Waals surface area contributed by atoms with E-state index in [2.05, 4.69) is 40.2 Å². The zero-order chi connectivity index (χ0) is 21.7. The van der Waals surface area contributed by atoms with Gasteiger partial charge in [-0.05, 0) is 72.8 Å². The summed E-state index contributed by atoms with van der Waals surface area (Å²) in [5.74, 6) is 0.673. The molecule has 0 saturated carbocycles. The minimum atomic E-state index is -0.496. The van der Waals surface area contributed by atoms with Gasteiger partial charge in [-0.2, -0.15) is 0 Å². The van der Waals surface area contributed by atoms with E-state index < -0.39 is 5.41 Å². The van der Waals surface area contributed by atoms with Gasteiger partial charge in [0.05, 0.1) is 12.5 Å². The van der Waals surface area contributed by atoms with Crippen LogP contribution >= 0.6 is 0 Å². The Balaban J connectivity index is 1.44. The molecule has 31 heavy (non-hydrogen) atoms. The smallest absolute Gasteiger partial charge is 0.224 e. The molecule has 5 nitrogen and oxygen atoms in total. The first kappa shape index (κ1) is 21.1. The van der Waals surface area contributed by atoms with Gasteiger partial charge < -0.3 is 10.5 Å². The number of likely N-dealkylation sites (tertiary alicyclic amines) is 1. The Hall–Kier alpha value is -3.18. The van der Waals surface area contributed by atoms with Crippen LogP contribution < -0.4 is 10.5 Å². The summed E-state index contributed by atoms with van der Waals surface area (Å²) in [4.78, 5) is 19.2. The molecule has 1 amide bonds. The Morgan fingerprint density at radius 2 is 1.77 bits per heavy atom. The predicted molar refractivity (Wildman–Crippen MR) is 123 cm³/mol. The molecule has 2 heterocycles. The highest BCUT2D eigenvalue weighted by Gasteiger charge is 2.39. The van der Waals surface area contributed by atoms with Crippen molar-refractivity contribution in [3.05, 3.63) is 84.2 Å². The molecule has 0 atom stereocenters. The number of primary amides is 1. The van der Waals surface area contributed by atoms with Crippen LogP contribution in [0.25, 0.3) is 11.1 Å². The molecule has 3 aromatic rings.